The first kappa shape index (κ1) is 35.7. The average molecular weight is 523 g/mol. The molecule has 0 aromatic heterocycles. The summed E-state index contributed by atoms with van der Waals surface area (Å²) in [5.41, 5.74) is 0. The molecule has 0 amide bonds. The third-order valence-electron chi connectivity index (χ3n) is 7.10. The fourth-order valence-electron chi connectivity index (χ4n) is 4.87. The summed E-state index contributed by atoms with van der Waals surface area (Å²) in [6.45, 7) is 5.84. The summed E-state index contributed by atoms with van der Waals surface area (Å²) in [6, 6.07) is 0. The van der Waals surface area contributed by atoms with Crippen LogP contribution in [0.25, 0.3) is 0 Å². The molecule has 0 saturated heterocycles. The summed E-state index contributed by atoms with van der Waals surface area (Å²) in [5, 5.41) is 0. The van der Waals surface area contributed by atoms with Gasteiger partial charge in [0.2, 0.25) is 0 Å². The van der Waals surface area contributed by atoms with E-state index in [1.807, 2.05) is 0 Å². The van der Waals surface area contributed by atoms with Crippen LogP contribution in [0, 0.1) is 0 Å². The lowest BCUT2D eigenvalue weighted by molar-refractivity contribution is -0.147. The van der Waals surface area contributed by atoms with Crippen molar-refractivity contribution in [3.8, 4) is 0 Å². The molecule has 4 nitrogen and oxygen atoms in total. The van der Waals surface area contributed by atoms with Crippen molar-refractivity contribution in [2.75, 3.05) is 6.61 Å². The number of esters is 2. The lowest BCUT2D eigenvalue weighted by atomic mass is 10.0. The third kappa shape index (κ3) is 30.8. The Morgan fingerprint density at radius 3 is 1.49 bits per heavy atom. The van der Waals surface area contributed by atoms with Crippen LogP contribution in [0.5, 0.6) is 0 Å². The molecule has 0 spiro atoms. The van der Waals surface area contributed by atoms with Crippen LogP contribution in [0.4, 0.5) is 0 Å². The average Bonchev–Trinajstić information content (AvgIpc) is 2.86. The molecule has 0 bridgehead atoms. The second-order valence-corrected chi connectivity index (χ2v) is 10.9. The number of allylic oxidation sites excluding steroid dienone is 2. The molecular formula is C33H62O4. The van der Waals surface area contributed by atoms with Crippen LogP contribution in [0.2, 0.25) is 0 Å². The van der Waals surface area contributed by atoms with Gasteiger partial charge in [-0.25, -0.2) is 0 Å². The van der Waals surface area contributed by atoms with Crippen molar-refractivity contribution in [2.24, 2.45) is 0 Å². The molecular weight excluding hydrogens is 460 g/mol. The smallest absolute Gasteiger partial charge is 0.302 e. The second-order valence-electron chi connectivity index (χ2n) is 10.9. The van der Waals surface area contributed by atoms with Crippen molar-refractivity contribution in [1.82, 2.24) is 0 Å². The normalized spacial score (nSPS) is 12.2. The molecule has 0 N–H and O–H groups in total. The molecule has 0 aliphatic carbocycles. The molecule has 4 heteroatoms. The summed E-state index contributed by atoms with van der Waals surface area (Å²) < 4.78 is 10.5. The van der Waals surface area contributed by atoms with Gasteiger partial charge in [0.15, 0.2) is 0 Å². The number of unbranched alkanes of at least 4 members (excludes halogenated alkanes) is 19. The number of hydrogen-bond acceptors (Lipinski definition) is 4. The van der Waals surface area contributed by atoms with Crippen molar-refractivity contribution in [3.63, 3.8) is 0 Å². The number of ether oxygens (including phenoxy) is 2. The molecule has 218 valence electrons. The zero-order chi connectivity index (χ0) is 27.2. The van der Waals surface area contributed by atoms with Gasteiger partial charge in [0.1, 0.15) is 6.10 Å². The Kier molecular flexibility index (Phi) is 28.2. The predicted molar refractivity (Wildman–Crippen MR) is 158 cm³/mol. The maximum Gasteiger partial charge on any atom is 0.302 e. The van der Waals surface area contributed by atoms with Crippen molar-refractivity contribution in [1.29, 1.82) is 0 Å². The molecule has 1 atom stereocenters. The molecule has 0 fully saturated rings. The van der Waals surface area contributed by atoms with Gasteiger partial charge in [-0.05, 0) is 51.4 Å². The molecule has 0 aromatic carbocycles. The van der Waals surface area contributed by atoms with Crippen LogP contribution >= 0.6 is 0 Å². The van der Waals surface area contributed by atoms with Crippen LogP contribution < -0.4 is 0 Å². The Morgan fingerprint density at radius 1 is 0.541 bits per heavy atom. The van der Waals surface area contributed by atoms with Gasteiger partial charge in [-0.2, -0.15) is 0 Å². The van der Waals surface area contributed by atoms with E-state index in [0.29, 0.717) is 6.61 Å². The highest BCUT2D eigenvalue weighted by Gasteiger charge is 2.11. The van der Waals surface area contributed by atoms with Crippen LogP contribution in [-0.2, 0) is 19.1 Å². The Balaban J connectivity index is 3.59. The summed E-state index contributed by atoms with van der Waals surface area (Å²) in [6.07, 6.45) is 34.9. The summed E-state index contributed by atoms with van der Waals surface area (Å²) in [4.78, 5) is 22.2. The van der Waals surface area contributed by atoms with Crippen LogP contribution in [0.3, 0.4) is 0 Å². The molecule has 0 radical (unpaired) electrons. The van der Waals surface area contributed by atoms with Gasteiger partial charge in [0, 0.05) is 13.8 Å². The molecule has 0 aliphatic rings. The number of hydrogen-bond donors (Lipinski definition) is 0. The van der Waals surface area contributed by atoms with Gasteiger partial charge in [-0.15, -0.1) is 0 Å². The molecule has 0 heterocycles. The van der Waals surface area contributed by atoms with E-state index in [1.54, 1.807) is 0 Å². The van der Waals surface area contributed by atoms with E-state index in [9.17, 15) is 9.59 Å². The van der Waals surface area contributed by atoms with Crippen LogP contribution in [-0.4, -0.2) is 24.6 Å². The zero-order valence-corrected chi connectivity index (χ0v) is 25.0. The van der Waals surface area contributed by atoms with Gasteiger partial charge in [0.25, 0.3) is 0 Å². The van der Waals surface area contributed by atoms with E-state index in [1.165, 1.54) is 123 Å². The fourth-order valence-corrected chi connectivity index (χ4v) is 4.87. The van der Waals surface area contributed by atoms with E-state index in [0.717, 1.165) is 44.9 Å². The van der Waals surface area contributed by atoms with Gasteiger partial charge in [0.05, 0.1) is 6.61 Å². The quantitative estimate of drug-likeness (QED) is 0.0582. The Hall–Kier alpha value is -1.32. The first-order chi connectivity index (χ1) is 18.1. The highest BCUT2D eigenvalue weighted by Crippen LogP contribution is 2.17. The summed E-state index contributed by atoms with van der Waals surface area (Å²) >= 11 is 0. The summed E-state index contributed by atoms with van der Waals surface area (Å²) in [7, 11) is 0. The maximum absolute atomic E-state index is 11.5. The van der Waals surface area contributed by atoms with Crippen molar-refractivity contribution in [2.45, 2.75) is 181 Å². The first-order valence-corrected chi connectivity index (χ1v) is 16.0. The number of carbonyl (C=O) groups excluding carboxylic acids is 2. The van der Waals surface area contributed by atoms with Gasteiger partial charge < -0.3 is 9.47 Å². The lowest BCUT2D eigenvalue weighted by Gasteiger charge is -2.16. The molecule has 37 heavy (non-hydrogen) atoms. The Bertz CT molecular complexity index is 528. The van der Waals surface area contributed by atoms with E-state index < -0.39 is 0 Å². The molecule has 0 aliphatic heterocycles. The molecule has 1 unspecified atom stereocenters. The molecule has 0 saturated carbocycles. The SMILES string of the molecule is CCCCCCCCCCCCCCCCC(CCCC=CCCCCCCCOC(C)=O)OC(C)=O. The minimum absolute atomic E-state index is 0.0928. The highest BCUT2D eigenvalue weighted by atomic mass is 16.5. The van der Waals surface area contributed by atoms with Crippen molar-refractivity contribution >= 4 is 11.9 Å². The zero-order valence-electron chi connectivity index (χ0n) is 25.0. The largest absolute Gasteiger partial charge is 0.466 e. The first-order valence-electron chi connectivity index (χ1n) is 16.0. The predicted octanol–water partition coefficient (Wildman–Crippen LogP) is 10.4. The topological polar surface area (TPSA) is 52.6 Å². The fraction of sp³-hybridized carbons (Fsp3) is 0.879. The van der Waals surface area contributed by atoms with Gasteiger partial charge in [-0.3, -0.25) is 9.59 Å². The minimum Gasteiger partial charge on any atom is -0.466 e. The van der Waals surface area contributed by atoms with E-state index in [2.05, 4.69) is 19.1 Å². The second kappa shape index (κ2) is 29.2. The van der Waals surface area contributed by atoms with E-state index >= 15 is 0 Å². The molecule has 0 rings (SSSR count). The van der Waals surface area contributed by atoms with Crippen molar-refractivity contribution < 1.29 is 19.1 Å². The monoisotopic (exact) mass is 522 g/mol. The Morgan fingerprint density at radius 2 is 0.973 bits per heavy atom. The Labute approximate surface area is 230 Å². The maximum atomic E-state index is 11.5. The minimum atomic E-state index is -0.181. The summed E-state index contributed by atoms with van der Waals surface area (Å²) in [5.74, 6) is -0.321. The van der Waals surface area contributed by atoms with E-state index in [-0.39, 0.29) is 18.0 Å². The van der Waals surface area contributed by atoms with Crippen LogP contribution in [0.15, 0.2) is 12.2 Å². The van der Waals surface area contributed by atoms with Gasteiger partial charge in [-0.1, -0.05) is 122 Å². The van der Waals surface area contributed by atoms with Crippen molar-refractivity contribution in [3.05, 3.63) is 12.2 Å². The molecule has 0 aromatic rings. The highest BCUT2D eigenvalue weighted by molar-refractivity contribution is 5.66. The third-order valence-corrected chi connectivity index (χ3v) is 7.10. The van der Waals surface area contributed by atoms with Gasteiger partial charge >= 0.3 is 11.9 Å². The van der Waals surface area contributed by atoms with E-state index in [4.69, 9.17) is 9.47 Å². The standard InChI is InChI=1S/C33H62O4/c1-4-5-6-7-8-9-10-11-12-13-16-19-22-25-28-33(37-32(3)35)29-26-23-20-17-14-15-18-21-24-27-30-36-31(2)34/h17,20,33H,4-16,18-19,21-30H2,1-3H3. The van der Waals surface area contributed by atoms with Crippen LogP contribution in [0.1, 0.15) is 175 Å². The lowest BCUT2D eigenvalue weighted by Crippen LogP contribution is -2.16. The number of carbonyl (C=O) groups is 2. The number of rotatable bonds is 28.